The second-order valence-electron chi connectivity index (χ2n) is 8.36. The van der Waals surface area contributed by atoms with E-state index in [-0.39, 0.29) is 30.8 Å². The number of fused-ring (bicyclic) bond motifs is 2. The van der Waals surface area contributed by atoms with E-state index in [9.17, 15) is 27.6 Å². The Labute approximate surface area is 208 Å². The maximum atomic E-state index is 13.8. The summed E-state index contributed by atoms with van der Waals surface area (Å²) in [7, 11) is 1.16. The van der Waals surface area contributed by atoms with Gasteiger partial charge >= 0.3 is 18.4 Å². The highest BCUT2D eigenvalue weighted by atomic mass is 35.5. The summed E-state index contributed by atoms with van der Waals surface area (Å²) in [5.74, 6) is -0.580. The molecule has 0 radical (unpaired) electrons. The van der Waals surface area contributed by atoms with Crippen LogP contribution in [0.25, 0.3) is 0 Å². The third-order valence-electron chi connectivity index (χ3n) is 6.04. The standard InChI is InChI=1S/C23H22ClF3N4O5/c1-35-20(33)29-15-5-2-13(3-6-15)19(23(25,26)27)28-11-18(32)31-9-8-22(12-31)16-10-14(24)4-7-17(16)30-21(34)36-22/h2-7,10,19,28H,8-9,11-12H2,1H3,(H,29,33)(H,30,34). The van der Waals surface area contributed by atoms with Crippen LogP contribution in [0.5, 0.6) is 0 Å². The number of methoxy groups -OCH3 is 1. The fourth-order valence-corrected chi connectivity index (χ4v) is 4.49. The molecule has 2 aromatic rings. The van der Waals surface area contributed by atoms with E-state index in [1.54, 1.807) is 18.2 Å². The van der Waals surface area contributed by atoms with Crippen molar-refractivity contribution in [3.63, 3.8) is 0 Å². The molecule has 0 aromatic heterocycles. The number of ether oxygens (including phenoxy) is 2. The van der Waals surface area contributed by atoms with Crippen molar-refractivity contribution in [2.24, 2.45) is 0 Å². The monoisotopic (exact) mass is 526 g/mol. The Balaban J connectivity index is 1.45. The van der Waals surface area contributed by atoms with Crippen LogP contribution in [0.3, 0.4) is 0 Å². The quantitative estimate of drug-likeness (QED) is 0.533. The predicted octanol–water partition coefficient (Wildman–Crippen LogP) is 4.40. The smallest absolute Gasteiger partial charge is 0.412 e. The van der Waals surface area contributed by atoms with Gasteiger partial charge in [-0.15, -0.1) is 0 Å². The van der Waals surface area contributed by atoms with E-state index >= 15 is 0 Å². The molecule has 2 heterocycles. The SMILES string of the molecule is COC(=O)Nc1ccc(C(NCC(=O)N2CCC3(C2)OC(=O)Nc2ccc(Cl)cc23)C(F)(F)F)cc1. The van der Waals surface area contributed by atoms with Crippen LogP contribution in [0, 0.1) is 0 Å². The summed E-state index contributed by atoms with van der Waals surface area (Å²) in [5.41, 5.74) is 0.0859. The lowest BCUT2D eigenvalue weighted by Gasteiger charge is -2.35. The molecule has 192 valence electrons. The molecule has 2 aromatic carbocycles. The van der Waals surface area contributed by atoms with Crippen LogP contribution in [0.4, 0.5) is 34.1 Å². The number of benzene rings is 2. The molecule has 13 heteroatoms. The van der Waals surface area contributed by atoms with E-state index in [1.165, 1.54) is 29.2 Å². The van der Waals surface area contributed by atoms with Gasteiger partial charge in [0.15, 0.2) is 5.60 Å². The number of alkyl halides is 3. The molecule has 1 fully saturated rings. The number of hydrogen-bond acceptors (Lipinski definition) is 6. The highest BCUT2D eigenvalue weighted by Crippen LogP contribution is 2.43. The van der Waals surface area contributed by atoms with Crippen molar-refractivity contribution in [3.8, 4) is 0 Å². The average Bonchev–Trinajstić information content (AvgIpc) is 3.24. The zero-order valence-corrected chi connectivity index (χ0v) is 19.7. The number of likely N-dealkylation sites (tertiary alicyclic amines) is 1. The average molecular weight is 527 g/mol. The highest BCUT2D eigenvalue weighted by Gasteiger charge is 2.49. The molecule has 1 saturated heterocycles. The van der Waals surface area contributed by atoms with Gasteiger partial charge in [0.05, 0.1) is 25.9 Å². The number of amides is 3. The number of carbonyl (C=O) groups is 3. The first-order valence-corrected chi connectivity index (χ1v) is 11.2. The van der Waals surface area contributed by atoms with E-state index in [0.29, 0.717) is 16.3 Å². The van der Waals surface area contributed by atoms with Crippen molar-refractivity contribution in [1.29, 1.82) is 0 Å². The third-order valence-corrected chi connectivity index (χ3v) is 6.28. The van der Waals surface area contributed by atoms with Gasteiger partial charge in [-0.2, -0.15) is 13.2 Å². The fourth-order valence-electron chi connectivity index (χ4n) is 4.32. The first-order valence-electron chi connectivity index (χ1n) is 10.8. The molecule has 0 saturated carbocycles. The number of carbonyl (C=O) groups excluding carboxylic acids is 3. The summed E-state index contributed by atoms with van der Waals surface area (Å²) in [6, 6.07) is 7.74. The number of rotatable bonds is 5. The van der Waals surface area contributed by atoms with Gasteiger partial charge in [0.25, 0.3) is 0 Å². The van der Waals surface area contributed by atoms with Gasteiger partial charge in [-0.3, -0.25) is 20.7 Å². The lowest BCUT2D eigenvalue weighted by molar-refractivity contribution is -0.159. The van der Waals surface area contributed by atoms with Crippen LogP contribution in [0.1, 0.15) is 23.6 Å². The van der Waals surface area contributed by atoms with Crippen LogP contribution in [-0.2, 0) is 19.9 Å². The molecule has 9 nitrogen and oxygen atoms in total. The molecule has 3 amide bonds. The molecule has 2 atom stereocenters. The first kappa shape index (κ1) is 25.6. The summed E-state index contributed by atoms with van der Waals surface area (Å²) in [4.78, 5) is 37.6. The number of halogens is 4. The maximum Gasteiger partial charge on any atom is 0.412 e. The molecular weight excluding hydrogens is 505 g/mol. The Morgan fingerprint density at radius 2 is 1.97 bits per heavy atom. The van der Waals surface area contributed by atoms with Crippen molar-refractivity contribution in [2.75, 3.05) is 37.4 Å². The molecule has 0 bridgehead atoms. The molecule has 3 N–H and O–H groups in total. The molecule has 4 rings (SSSR count). The molecular formula is C23H22ClF3N4O5. The third kappa shape index (κ3) is 5.34. The molecule has 0 aliphatic carbocycles. The van der Waals surface area contributed by atoms with Gasteiger partial charge < -0.3 is 14.4 Å². The van der Waals surface area contributed by atoms with E-state index in [4.69, 9.17) is 16.3 Å². The Kier molecular flexibility index (Phi) is 7.01. The van der Waals surface area contributed by atoms with Gasteiger partial charge in [-0.25, -0.2) is 9.59 Å². The molecule has 36 heavy (non-hydrogen) atoms. The topological polar surface area (TPSA) is 109 Å². The van der Waals surface area contributed by atoms with Crippen LogP contribution in [0.2, 0.25) is 5.02 Å². The molecule has 2 unspecified atom stereocenters. The second-order valence-corrected chi connectivity index (χ2v) is 8.79. The van der Waals surface area contributed by atoms with Gasteiger partial charge in [0.1, 0.15) is 6.04 Å². The van der Waals surface area contributed by atoms with Gasteiger partial charge in [0, 0.05) is 29.2 Å². The Hall–Kier alpha value is -3.51. The zero-order valence-electron chi connectivity index (χ0n) is 18.9. The lowest BCUT2D eigenvalue weighted by Crippen LogP contribution is -2.45. The first-order chi connectivity index (χ1) is 17.0. The number of nitrogens with one attached hydrogen (secondary N) is 3. The summed E-state index contributed by atoms with van der Waals surface area (Å²) < 4.78 is 51.3. The van der Waals surface area contributed by atoms with Crippen LogP contribution in [-0.4, -0.2) is 55.9 Å². The van der Waals surface area contributed by atoms with Crippen molar-refractivity contribution in [3.05, 3.63) is 58.6 Å². The van der Waals surface area contributed by atoms with Crippen molar-refractivity contribution >= 4 is 41.1 Å². The van der Waals surface area contributed by atoms with Crippen molar-refractivity contribution < 1.29 is 37.0 Å². The Morgan fingerprint density at radius 3 is 2.64 bits per heavy atom. The van der Waals surface area contributed by atoms with Crippen LogP contribution < -0.4 is 16.0 Å². The van der Waals surface area contributed by atoms with E-state index < -0.39 is 42.5 Å². The normalized spacial score (nSPS) is 19.8. The van der Waals surface area contributed by atoms with E-state index in [1.807, 2.05) is 0 Å². The second kappa shape index (κ2) is 9.86. The summed E-state index contributed by atoms with van der Waals surface area (Å²) >= 11 is 6.11. The minimum atomic E-state index is -4.69. The van der Waals surface area contributed by atoms with E-state index in [0.717, 1.165) is 7.11 Å². The van der Waals surface area contributed by atoms with Crippen LogP contribution in [0.15, 0.2) is 42.5 Å². The summed E-state index contributed by atoms with van der Waals surface area (Å²) in [5, 5.41) is 7.64. The molecule has 2 aliphatic rings. The molecule has 2 aliphatic heterocycles. The number of hydrogen-bond donors (Lipinski definition) is 3. The Bertz CT molecular complexity index is 1180. The van der Waals surface area contributed by atoms with Gasteiger partial charge in [0.2, 0.25) is 5.91 Å². The number of anilines is 2. The fraction of sp³-hybridized carbons (Fsp3) is 0.348. The van der Waals surface area contributed by atoms with E-state index in [2.05, 4.69) is 20.7 Å². The Morgan fingerprint density at radius 1 is 1.25 bits per heavy atom. The molecule has 1 spiro atoms. The maximum absolute atomic E-state index is 13.8. The minimum absolute atomic E-state index is 0.0150. The summed E-state index contributed by atoms with van der Waals surface area (Å²) in [6.07, 6.45) is -5.85. The summed E-state index contributed by atoms with van der Waals surface area (Å²) in [6.45, 7) is -0.430. The van der Waals surface area contributed by atoms with Crippen molar-refractivity contribution in [1.82, 2.24) is 10.2 Å². The van der Waals surface area contributed by atoms with Gasteiger partial charge in [-0.1, -0.05) is 23.7 Å². The lowest BCUT2D eigenvalue weighted by atomic mass is 9.90. The van der Waals surface area contributed by atoms with Crippen LogP contribution >= 0.6 is 11.6 Å². The zero-order chi connectivity index (χ0) is 26.1. The van der Waals surface area contributed by atoms with Gasteiger partial charge in [-0.05, 0) is 35.9 Å². The predicted molar refractivity (Wildman–Crippen MR) is 124 cm³/mol. The largest absolute Gasteiger partial charge is 0.453 e. The number of nitrogens with zero attached hydrogens (tertiary/aromatic N) is 1. The van der Waals surface area contributed by atoms with Crippen molar-refractivity contribution in [2.45, 2.75) is 24.2 Å². The highest BCUT2D eigenvalue weighted by molar-refractivity contribution is 6.30. The minimum Gasteiger partial charge on any atom is -0.453 e.